The van der Waals surface area contributed by atoms with E-state index in [9.17, 15) is 0 Å². The van der Waals surface area contributed by atoms with E-state index in [2.05, 4.69) is 40.4 Å². The number of para-hydroxylation sites is 1. The molecule has 5 heterocycles. The van der Waals surface area contributed by atoms with E-state index >= 15 is 0 Å². The first-order valence-electron chi connectivity index (χ1n) is 14.3. The number of hydrogen-bond donors (Lipinski definition) is 1. The fraction of sp³-hybridized carbons (Fsp3) is 0.406. The Morgan fingerprint density at radius 2 is 1.90 bits per heavy atom. The van der Waals surface area contributed by atoms with Crippen LogP contribution >= 0.6 is 11.6 Å². The van der Waals surface area contributed by atoms with Gasteiger partial charge in [-0.15, -0.1) is 0 Å². The Labute approximate surface area is 245 Å². The van der Waals surface area contributed by atoms with Gasteiger partial charge in [0.15, 0.2) is 17.2 Å². The third-order valence-corrected chi connectivity index (χ3v) is 8.92. The number of nitrogen functional groups attached to an aromatic ring is 1. The molecule has 2 fully saturated rings. The third-order valence-electron chi connectivity index (χ3n) is 8.70. The van der Waals surface area contributed by atoms with Crippen LogP contribution in [0, 0.1) is 5.41 Å². The van der Waals surface area contributed by atoms with Crippen LogP contribution in [0.2, 0.25) is 5.02 Å². The molecule has 0 bridgehead atoms. The molecule has 1 atom stereocenters. The Balaban J connectivity index is 1.08. The Bertz CT molecular complexity index is 1580. The SMILES string of the molecule is CC1(C)COCC1=[N+]1C(CN2CCC(c3cccc4c3O[C@@](C)(c3ccc(Cl)cn3)O4)CC2)=Nc2ccc(N)cc21. The van der Waals surface area contributed by atoms with Crippen molar-refractivity contribution in [3.63, 3.8) is 0 Å². The minimum absolute atomic E-state index is 0.0637. The largest absolute Gasteiger partial charge is 0.443 e. The summed E-state index contributed by atoms with van der Waals surface area (Å²) in [6.45, 7) is 10.4. The van der Waals surface area contributed by atoms with E-state index in [0.29, 0.717) is 29.8 Å². The molecule has 4 aliphatic rings. The van der Waals surface area contributed by atoms with Crippen molar-refractivity contribution in [3.8, 4) is 11.5 Å². The number of ether oxygens (including phenoxy) is 3. The number of fused-ring (bicyclic) bond motifs is 2. The molecular formula is C32H35ClN5O3+. The third kappa shape index (κ3) is 4.68. The number of pyridine rings is 1. The quantitative estimate of drug-likeness (QED) is 0.304. The predicted molar refractivity (Wildman–Crippen MR) is 160 cm³/mol. The highest BCUT2D eigenvalue weighted by Crippen LogP contribution is 2.49. The maximum atomic E-state index is 6.48. The number of halogens is 1. The summed E-state index contributed by atoms with van der Waals surface area (Å²) in [6, 6.07) is 15.8. The van der Waals surface area contributed by atoms with Crippen molar-refractivity contribution >= 4 is 40.2 Å². The van der Waals surface area contributed by atoms with Crippen molar-refractivity contribution in [3.05, 3.63) is 71.0 Å². The number of piperidine rings is 1. The van der Waals surface area contributed by atoms with Gasteiger partial charge in [0.25, 0.3) is 5.79 Å². The van der Waals surface area contributed by atoms with Gasteiger partial charge in [0.1, 0.15) is 24.6 Å². The summed E-state index contributed by atoms with van der Waals surface area (Å²) in [5.74, 6) is 2.02. The van der Waals surface area contributed by atoms with Crippen LogP contribution in [0.3, 0.4) is 0 Å². The van der Waals surface area contributed by atoms with Crippen molar-refractivity contribution in [2.45, 2.75) is 45.3 Å². The molecule has 0 aliphatic carbocycles. The van der Waals surface area contributed by atoms with Gasteiger partial charge in [-0.05, 0) is 67.2 Å². The van der Waals surface area contributed by atoms with E-state index < -0.39 is 5.79 Å². The van der Waals surface area contributed by atoms with Crippen LogP contribution in [0.15, 0.2) is 59.7 Å². The fourth-order valence-electron chi connectivity index (χ4n) is 6.42. The Kier molecular flexibility index (Phi) is 6.34. The molecule has 0 unspecified atom stereocenters. The summed E-state index contributed by atoms with van der Waals surface area (Å²) in [6.07, 6.45) is 3.67. The van der Waals surface area contributed by atoms with Gasteiger partial charge in [-0.3, -0.25) is 9.88 Å². The molecule has 1 aromatic heterocycles. The number of aromatic nitrogens is 1. The van der Waals surface area contributed by atoms with Crippen LogP contribution in [0.5, 0.6) is 11.5 Å². The van der Waals surface area contributed by atoms with Gasteiger partial charge < -0.3 is 19.9 Å². The van der Waals surface area contributed by atoms with E-state index in [1.165, 1.54) is 11.3 Å². The molecule has 0 amide bonds. The normalized spacial score (nSPS) is 25.4. The summed E-state index contributed by atoms with van der Waals surface area (Å²) in [5.41, 5.74) is 12.0. The molecule has 0 radical (unpaired) electrons. The van der Waals surface area contributed by atoms with Crippen LogP contribution in [0.4, 0.5) is 17.1 Å². The van der Waals surface area contributed by atoms with Gasteiger partial charge in [0.2, 0.25) is 5.69 Å². The number of rotatable bonds is 4. The molecule has 2 aromatic carbocycles. The van der Waals surface area contributed by atoms with Gasteiger partial charge in [0.05, 0.1) is 11.6 Å². The van der Waals surface area contributed by atoms with E-state index in [-0.39, 0.29) is 5.41 Å². The van der Waals surface area contributed by atoms with Crippen LogP contribution in [0.25, 0.3) is 0 Å². The van der Waals surface area contributed by atoms with Crippen molar-refractivity contribution in [1.82, 2.24) is 9.88 Å². The molecule has 0 saturated carbocycles. The second-order valence-electron chi connectivity index (χ2n) is 12.2. The molecule has 0 spiro atoms. The van der Waals surface area contributed by atoms with Gasteiger partial charge in [-0.2, -0.15) is 4.58 Å². The zero-order valence-corrected chi connectivity index (χ0v) is 24.4. The number of aliphatic imine (C=N–C) groups is 1. The van der Waals surface area contributed by atoms with Crippen molar-refractivity contribution < 1.29 is 18.8 Å². The van der Waals surface area contributed by atoms with E-state index in [1.807, 2.05) is 43.3 Å². The van der Waals surface area contributed by atoms with Gasteiger partial charge >= 0.3 is 5.84 Å². The van der Waals surface area contributed by atoms with Crippen molar-refractivity contribution in [1.29, 1.82) is 0 Å². The average Bonchev–Trinajstić information content (AvgIpc) is 3.60. The van der Waals surface area contributed by atoms with Crippen LogP contribution < -0.4 is 15.2 Å². The number of anilines is 1. The van der Waals surface area contributed by atoms with Crippen molar-refractivity contribution in [2.75, 3.05) is 38.6 Å². The standard InChI is InChI=1S/C32H35ClN5O3/c1-31(2)19-39-18-28(31)38-25-15-22(34)8-9-24(25)36-29(38)17-37-13-11-20(12-14-37)23-5-4-6-26-30(23)41-32(3,40-26)27-10-7-21(33)16-35-27/h4-10,15-16,20H,11-14,17-19,34H2,1-3H3/q+1/t32-/m0/s1. The Morgan fingerprint density at radius 1 is 1.07 bits per heavy atom. The lowest BCUT2D eigenvalue weighted by Gasteiger charge is -2.32. The maximum Gasteiger partial charge on any atom is 0.318 e. The topological polar surface area (TPSA) is 85.2 Å². The highest BCUT2D eigenvalue weighted by atomic mass is 35.5. The first-order chi connectivity index (χ1) is 19.7. The molecule has 2 saturated heterocycles. The molecule has 41 heavy (non-hydrogen) atoms. The Hall–Kier alpha value is -3.46. The second kappa shape index (κ2) is 9.82. The lowest BCUT2D eigenvalue weighted by molar-refractivity contribution is -0.310. The van der Waals surface area contributed by atoms with E-state index in [4.69, 9.17) is 36.5 Å². The lowest BCUT2D eigenvalue weighted by atomic mass is 9.88. The molecule has 2 N–H and O–H groups in total. The summed E-state index contributed by atoms with van der Waals surface area (Å²) in [7, 11) is 0. The number of benzene rings is 2. The van der Waals surface area contributed by atoms with Crippen molar-refractivity contribution in [2.24, 2.45) is 10.4 Å². The molecule has 7 rings (SSSR count). The highest BCUT2D eigenvalue weighted by Gasteiger charge is 2.44. The second-order valence-corrected chi connectivity index (χ2v) is 12.6. The summed E-state index contributed by atoms with van der Waals surface area (Å²) >= 11 is 6.06. The van der Waals surface area contributed by atoms with Gasteiger partial charge in [-0.1, -0.05) is 37.6 Å². The fourth-order valence-corrected chi connectivity index (χ4v) is 6.53. The number of likely N-dealkylation sites (tertiary alicyclic amines) is 1. The first-order valence-corrected chi connectivity index (χ1v) is 14.6. The number of nitrogens with zero attached hydrogens (tertiary/aromatic N) is 4. The van der Waals surface area contributed by atoms with Crippen LogP contribution in [-0.2, 0) is 10.5 Å². The molecule has 4 aliphatic heterocycles. The molecule has 9 heteroatoms. The van der Waals surface area contributed by atoms with E-state index in [1.54, 1.807) is 6.20 Å². The number of amidine groups is 1. The smallest absolute Gasteiger partial charge is 0.318 e. The molecule has 3 aromatic rings. The molecule has 8 nitrogen and oxygen atoms in total. The lowest BCUT2D eigenvalue weighted by Crippen LogP contribution is -2.41. The number of nitrogens with two attached hydrogens (primary N) is 1. The summed E-state index contributed by atoms with van der Waals surface area (Å²) in [4.78, 5) is 12.0. The Morgan fingerprint density at radius 3 is 2.63 bits per heavy atom. The van der Waals surface area contributed by atoms with E-state index in [0.717, 1.165) is 66.9 Å². The monoisotopic (exact) mass is 572 g/mol. The van der Waals surface area contributed by atoms with Gasteiger partial charge in [0, 0.05) is 35.9 Å². The van der Waals surface area contributed by atoms with Crippen LogP contribution in [-0.4, -0.2) is 58.9 Å². The molecule has 212 valence electrons. The zero-order valence-electron chi connectivity index (χ0n) is 23.7. The minimum Gasteiger partial charge on any atom is -0.443 e. The highest BCUT2D eigenvalue weighted by molar-refractivity contribution is 6.30. The summed E-state index contributed by atoms with van der Waals surface area (Å²) < 4.78 is 21.0. The maximum absolute atomic E-state index is 6.48. The predicted octanol–water partition coefficient (Wildman–Crippen LogP) is 6.03. The minimum atomic E-state index is -0.985. The molecular weight excluding hydrogens is 538 g/mol. The summed E-state index contributed by atoms with van der Waals surface area (Å²) in [5, 5.41) is 0.582. The average molecular weight is 573 g/mol. The zero-order chi connectivity index (χ0) is 28.4. The first kappa shape index (κ1) is 26.4. The van der Waals surface area contributed by atoms with Gasteiger partial charge in [-0.25, -0.2) is 0 Å². The van der Waals surface area contributed by atoms with Crippen LogP contribution in [0.1, 0.15) is 50.8 Å². The number of hydrogen-bond acceptors (Lipinski definition) is 7.